The van der Waals surface area contributed by atoms with E-state index in [2.05, 4.69) is 18.2 Å². The van der Waals surface area contributed by atoms with Crippen LogP contribution in [0.25, 0.3) is 11.1 Å². The summed E-state index contributed by atoms with van der Waals surface area (Å²) in [6, 6.07) is 16.2. The minimum Gasteiger partial charge on any atom is -0.330 e. The van der Waals surface area contributed by atoms with Crippen molar-refractivity contribution in [2.45, 2.75) is 6.42 Å². The van der Waals surface area contributed by atoms with E-state index in [-0.39, 0.29) is 0 Å². The molecule has 1 nitrogen and oxygen atoms in total. The molecule has 0 atom stereocenters. The average molecular weight is 232 g/mol. The van der Waals surface area contributed by atoms with Gasteiger partial charge < -0.3 is 5.73 Å². The molecule has 0 fully saturated rings. The van der Waals surface area contributed by atoms with E-state index in [0.29, 0.717) is 6.54 Å². The Morgan fingerprint density at radius 2 is 1.75 bits per heavy atom. The summed E-state index contributed by atoms with van der Waals surface area (Å²) in [5.41, 5.74) is 9.23. The highest BCUT2D eigenvalue weighted by molar-refractivity contribution is 6.30. The minimum absolute atomic E-state index is 0.654. The quantitative estimate of drug-likeness (QED) is 0.860. The second kappa shape index (κ2) is 5.15. The van der Waals surface area contributed by atoms with Crippen molar-refractivity contribution >= 4 is 11.6 Å². The van der Waals surface area contributed by atoms with Gasteiger partial charge in [-0.05, 0) is 41.8 Å². The summed E-state index contributed by atoms with van der Waals surface area (Å²) in [6.07, 6.45) is 0.876. The molecule has 2 rings (SSSR count). The molecule has 0 saturated heterocycles. The summed E-state index contributed by atoms with van der Waals surface area (Å²) in [5.74, 6) is 0. The molecule has 2 heteroatoms. The van der Waals surface area contributed by atoms with Gasteiger partial charge in [0.15, 0.2) is 0 Å². The maximum absolute atomic E-state index is 6.04. The van der Waals surface area contributed by atoms with Crippen LogP contribution in [-0.2, 0) is 6.42 Å². The first kappa shape index (κ1) is 11.2. The molecular weight excluding hydrogens is 218 g/mol. The fourth-order valence-electron chi connectivity index (χ4n) is 1.81. The molecule has 0 heterocycles. The average Bonchev–Trinajstić information content (AvgIpc) is 2.33. The Labute approximate surface area is 101 Å². The third-order valence-corrected chi connectivity index (χ3v) is 2.81. The van der Waals surface area contributed by atoms with Crippen LogP contribution in [0.4, 0.5) is 0 Å². The molecule has 2 aromatic carbocycles. The maximum atomic E-state index is 6.04. The van der Waals surface area contributed by atoms with Crippen molar-refractivity contribution in [2.24, 2.45) is 5.73 Å². The first-order valence-corrected chi connectivity index (χ1v) is 5.73. The third-order valence-electron chi connectivity index (χ3n) is 2.57. The predicted molar refractivity (Wildman–Crippen MR) is 69.6 cm³/mol. The molecule has 16 heavy (non-hydrogen) atoms. The molecule has 0 aliphatic rings. The van der Waals surface area contributed by atoms with Gasteiger partial charge in [-0.25, -0.2) is 0 Å². The number of nitrogens with two attached hydrogens (primary N) is 1. The van der Waals surface area contributed by atoms with E-state index in [4.69, 9.17) is 17.3 Å². The Bertz CT molecular complexity index is 465. The summed E-state index contributed by atoms with van der Waals surface area (Å²) in [6.45, 7) is 0.654. The maximum Gasteiger partial charge on any atom is 0.0412 e. The molecule has 0 bridgehead atoms. The van der Waals surface area contributed by atoms with Gasteiger partial charge in [0.25, 0.3) is 0 Å². The molecule has 0 aromatic heterocycles. The number of halogens is 1. The highest BCUT2D eigenvalue weighted by Crippen LogP contribution is 2.27. The van der Waals surface area contributed by atoms with Crippen LogP contribution >= 0.6 is 11.6 Å². The smallest absolute Gasteiger partial charge is 0.0412 e. The van der Waals surface area contributed by atoms with Gasteiger partial charge in [-0.3, -0.25) is 0 Å². The zero-order valence-corrected chi connectivity index (χ0v) is 9.74. The van der Waals surface area contributed by atoms with Crippen molar-refractivity contribution < 1.29 is 0 Å². The zero-order valence-electron chi connectivity index (χ0n) is 8.99. The molecule has 0 radical (unpaired) electrons. The van der Waals surface area contributed by atoms with Gasteiger partial charge in [-0.15, -0.1) is 0 Å². The van der Waals surface area contributed by atoms with Crippen LogP contribution in [0.3, 0.4) is 0 Å². The van der Waals surface area contributed by atoms with E-state index in [9.17, 15) is 0 Å². The highest BCUT2D eigenvalue weighted by atomic mass is 35.5. The van der Waals surface area contributed by atoms with Crippen LogP contribution in [0.15, 0.2) is 48.5 Å². The van der Waals surface area contributed by atoms with Crippen molar-refractivity contribution in [1.29, 1.82) is 0 Å². The number of hydrogen-bond donors (Lipinski definition) is 1. The molecular formula is C14H14ClN. The zero-order chi connectivity index (χ0) is 11.4. The summed E-state index contributed by atoms with van der Waals surface area (Å²) in [4.78, 5) is 0. The first-order chi connectivity index (χ1) is 7.81. The standard InChI is InChI=1S/C14H14ClN/c15-13-7-6-12(8-9-16)14(10-13)11-4-2-1-3-5-11/h1-7,10H,8-9,16H2. The van der Waals surface area contributed by atoms with E-state index in [1.165, 1.54) is 16.7 Å². The molecule has 2 N–H and O–H groups in total. The second-order valence-corrected chi connectivity index (χ2v) is 4.14. The topological polar surface area (TPSA) is 26.0 Å². The van der Waals surface area contributed by atoms with Gasteiger partial charge in [0.1, 0.15) is 0 Å². The van der Waals surface area contributed by atoms with Crippen molar-refractivity contribution in [3.05, 3.63) is 59.1 Å². The van der Waals surface area contributed by atoms with Gasteiger partial charge in [0.2, 0.25) is 0 Å². The SMILES string of the molecule is NCCc1ccc(Cl)cc1-c1ccccc1. The summed E-state index contributed by atoms with van der Waals surface area (Å²) in [7, 11) is 0. The molecule has 0 aliphatic heterocycles. The second-order valence-electron chi connectivity index (χ2n) is 3.71. The van der Waals surface area contributed by atoms with Crippen LogP contribution in [0.5, 0.6) is 0 Å². The van der Waals surface area contributed by atoms with Crippen LogP contribution in [0, 0.1) is 0 Å². The lowest BCUT2D eigenvalue weighted by atomic mass is 9.98. The number of rotatable bonds is 3. The lowest BCUT2D eigenvalue weighted by Gasteiger charge is -2.09. The van der Waals surface area contributed by atoms with Crippen LogP contribution in [-0.4, -0.2) is 6.54 Å². The summed E-state index contributed by atoms with van der Waals surface area (Å²) < 4.78 is 0. The molecule has 0 aliphatic carbocycles. The molecule has 0 unspecified atom stereocenters. The fraction of sp³-hybridized carbons (Fsp3) is 0.143. The largest absolute Gasteiger partial charge is 0.330 e. The molecule has 0 amide bonds. The van der Waals surface area contributed by atoms with Crippen LogP contribution in [0.1, 0.15) is 5.56 Å². The Kier molecular flexibility index (Phi) is 3.60. The van der Waals surface area contributed by atoms with Gasteiger partial charge >= 0.3 is 0 Å². The van der Waals surface area contributed by atoms with E-state index in [1.54, 1.807) is 0 Å². The van der Waals surface area contributed by atoms with Gasteiger partial charge in [0, 0.05) is 5.02 Å². The molecule has 0 saturated carbocycles. The normalized spacial score (nSPS) is 10.4. The van der Waals surface area contributed by atoms with Gasteiger partial charge in [0.05, 0.1) is 0 Å². The van der Waals surface area contributed by atoms with E-state index in [1.807, 2.05) is 30.3 Å². The minimum atomic E-state index is 0.654. The highest BCUT2D eigenvalue weighted by Gasteiger charge is 2.04. The molecule has 2 aromatic rings. The Balaban J connectivity index is 2.49. The number of benzene rings is 2. The third kappa shape index (κ3) is 2.43. The predicted octanol–water partition coefficient (Wildman–Crippen LogP) is 3.51. The monoisotopic (exact) mass is 231 g/mol. The Morgan fingerprint density at radius 3 is 2.44 bits per heavy atom. The van der Waals surface area contributed by atoms with E-state index in [0.717, 1.165) is 11.4 Å². The first-order valence-electron chi connectivity index (χ1n) is 5.35. The lowest BCUT2D eigenvalue weighted by Crippen LogP contribution is -2.03. The molecule has 82 valence electrons. The van der Waals surface area contributed by atoms with Gasteiger partial charge in [-0.1, -0.05) is 48.0 Å². The Morgan fingerprint density at radius 1 is 1.00 bits per heavy atom. The molecule has 0 spiro atoms. The van der Waals surface area contributed by atoms with Crippen molar-refractivity contribution in [3.63, 3.8) is 0 Å². The van der Waals surface area contributed by atoms with Crippen molar-refractivity contribution in [1.82, 2.24) is 0 Å². The van der Waals surface area contributed by atoms with Crippen molar-refractivity contribution in [2.75, 3.05) is 6.54 Å². The summed E-state index contributed by atoms with van der Waals surface area (Å²) in [5, 5.41) is 0.764. The van der Waals surface area contributed by atoms with Crippen LogP contribution in [0.2, 0.25) is 5.02 Å². The fourth-order valence-corrected chi connectivity index (χ4v) is 1.98. The van der Waals surface area contributed by atoms with E-state index >= 15 is 0 Å². The Hall–Kier alpha value is -1.31. The van der Waals surface area contributed by atoms with Crippen LogP contribution < -0.4 is 5.73 Å². The number of hydrogen-bond acceptors (Lipinski definition) is 1. The summed E-state index contributed by atoms with van der Waals surface area (Å²) >= 11 is 6.04. The van der Waals surface area contributed by atoms with Crippen molar-refractivity contribution in [3.8, 4) is 11.1 Å². The van der Waals surface area contributed by atoms with Gasteiger partial charge in [-0.2, -0.15) is 0 Å². The lowest BCUT2D eigenvalue weighted by molar-refractivity contribution is 0.971. The van der Waals surface area contributed by atoms with E-state index < -0.39 is 0 Å².